The Labute approximate surface area is 639 Å². The fraction of sp³-hybridized carbons (Fsp3) is 1.00. The molecule has 0 radical (unpaired) electrons. The number of hydrogen-bond donors (Lipinski definition) is 7. The van der Waals surface area contributed by atoms with E-state index >= 15 is 0 Å². The molecular formula is C87H176N16. The van der Waals surface area contributed by atoms with Gasteiger partial charge in [0.05, 0.1) is 0 Å². The zero-order valence-corrected chi connectivity index (χ0v) is 69.5. The summed E-state index contributed by atoms with van der Waals surface area (Å²) in [5, 5.41) is 24.3. The van der Waals surface area contributed by atoms with Crippen LogP contribution in [0.4, 0.5) is 0 Å². The predicted octanol–water partition coefficient (Wildman–Crippen LogP) is 11.7. The molecule has 14 aliphatic heterocycles. The molecule has 0 aromatic rings. The van der Waals surface area contributed by atoms with Crippen LogP contribution in [0.15, 0.2) is 0 Å². The summed E-state index contributed by atoms with van der Waals surface area (Å²) >= 11 is 0. The van der Waals surface area contributed by atoms with Gasteiger partial charge in [-0.25, -0.2) is 0 Å². The summed E-state index contributed by atoms with van der Waals surface area (Å²) in [6.07, 6.45) is 54.3. The van der Waals surface area contributed by atoms with Gasteiger partial charge >= 0.3 is 0 Å². The van der Waals surface area contributed by atoms with Crippen molar-refractivity contribution in [1.82, 2.24) is 81.3 Å². The smallest absolute Gasteiger partial charge is 0.0121 e. The summed E-state index contributed by atoms with van der Waals surface area (Å²) in [4.78, 5) is 23.1. The fourth-order valence-corrected chi connectivity index (χ4v) is 20.5. The molecule has 7 N–H and O–H groups in total. The van der Waals surface area contributed by atoms with Crippen LogP contribution in [0.5, 0.6) is 0 Å². The van der Waals surface area contributed by atoms with Crippen molar-refractivity contribution >= 4 is 0 Å². The second-order valence-corrected chi connectivity index (χ2v) is 36.5. The Balaban J connectivity index is 0.000000153. The lowest BCUT2D eigenvalue weighted by Gasteiger charge is -2.44. The molecule has 16 nitrogen and oxygen atoms in total. The van der Waals surface area contributed by atoms with Gasteiger partial charge < -0.3 is 76.4 Å². The first-order valence-electron chi connectivity index (χ1n) is 45.8. The summed E-state index contributed by atoms with van der Waals surface area (Å²) in [6, 6.07) is 4.37. The van der Waals surface area contributed by atoms with Gasteiger partial charge in [0.2, 0.25) is 0 Å². The van der Waals surface area contributed by atoms with Crippen molar-refractivity contribution in [1.29, 1.82) is 0 Å². The average Bonchev–Trinajstić information content (AvgIpc) is 1.36. The van der Waals surface area contributed by atoms with Crippen LogP contribution in [-0.4, -0.2) is 313 Å². The van der Waals surface area contributed by atoms with Crippen LogP contribution >= 0.6 is 0 Å². The Morgan fingerprint density at radius 3 is 0.913 bits per heavy atom. The summed E-state index contributed by atoms with van der Waals surface area (Å²) in [6.45, 7) is 41.0. The molecule has 0 aromatic carbocycles. The monoisotopic (exact) mass is 1450 g/mol. The first kappa shape index (κ1) is 87.9. The number of piperazine rings is 1. The largest absolute Gasteiger partial charge is 0.317 e. The van der Waals surface area contributed by atoms with E-state index in [1.165, 1.54) is 440 Å². The Morgan fingerprint density at radius 1 is 0.262 bits per heavy atom. The molecule has 14 aliphatic rings. The van der Waals surface area contributed by atoms with Crippen LogP contribution in [-0.2, 0) is 0 Å². The van der Waals surface area contributed by atoms with Gasteiger partial charge in [-0.15, -0.1) is 0 Å². The molecule has 14 rings (SSSR count). The molecule has 14 fully saturated rings. The number of rotatable bonds is 20. The van der Waals surface area contributed by atoms with Gasteiger partial charge in [0.15, 0.2) is 0 Å². The predicted molar refractivity (Wildman–Crippen MR) is 445 cm³/mol. The minimum atomic E-state index is 0.812. The van der Waals surface area contributed by atoms with Gasteiger partial charge in [-0.05, 0) is 440 Å². The third kappa shape index (κ3) is 37.5. The quantitative estimate of drug-likeness (QED) is 0.0627. The van der Waals surface area contributed by atoms with Crippen LogP contribution in [0, 0.1) is 41.4 Å². The van der Waals surface area contributed by atoms with E-state index in [1.54, 1.807) is 0 Å². The van der Waals surface area contributed by atoms with Gasteiger partial charge in [0.1, 0.15) is 0 Å². The number of nitrogens with zero attached hydrogens (tertiary/aromatic N) is 9. The number of likely N-dealkylation sites (N-methyl/N-ethyl adjacent to an activating group) is 1. The Bertz CT molecular complexity index is 1880. The first-order valence-corrected chi connectivity index (χ1v) is 45.8. The van der Waals surface area contributed by atoms with Gasteiger partial charge in [-0.3, -0.25) is 4.90 Å². The zero-order valence-electron chi connectivity index (χ0n) is 69.5. The van der Waals surface area contributed by atoms with E-state index < -0.39 is 0 Å². The van der Waals surface area contributed by atoms with Crippen LogP contribution in [0.1, 0.15) is 251 Å². The van der Waals surface area contributed by atoms with Crippen LogP contribution in [0.2, 0.25) is 0 Å². The second kappa shape index (κ2) is 54.1. The highest BCUT2D eigenvalue weighted by molar-refractivity contribution is 4.88. The molecule has 14 heterocycles. The molecule has 14 saturated heterocycles. The molecule has 2 atom stereocenters. The van der Waals surface area contributed by atoms with Crippen LogP contribution in [0.3, 0.4) is 0 Å². The van der Waals surface area contributed by atoms with Gasteiger partial charge in [-0.1, -0.05) is 64.7 Å². The minimum Gasteiger partial charge on any atom is -0.317 e. The number of nitrogens with one attached hydrogen (secondary N) is 7. The Hall–Kier alpha value is -0.640. The fourth-order valence-electron chi connectivity index (χ4n) is 20.5. The molecule has 2 unspecified atom stereocenters. The molecule has 0 amide bonds. The zero-order chi connectivity index (χ0) is 72.2. The summed E-state index contributed by atoms with van der Waals surface area (Å²) in [5.41, 5.74) is 0. The maximum atomic E-state index is 3.63. The van der Waals surface area contributed by atoms with Crippen molar-refractivity contribution in [2.75, 3.05) is 239 Å². The maximum absolute atomic E-state index is 3.63. The summed E-state index contributed by atoms with van der Waals surface area (Å²) in [5.74, 6) is 7.20. The van der Waals surface area contributed by atoms with E-state index in [0.717, 1.165) is 71.6 Å². The molecule has 0 bridgehead atoms. The highest BCUT2D eigenvalue weighted by Crippen LogP contribution is 2.31. The van der Waals surface area contributed by atoms with Crippen LogP contribution < -0.4 is 37.2 Å². The second-order valence-electron chi connectivity index (χ2n) is 36.5. The van der Waals surface area contributed by atoms with Gasteiger partial charge in [0.25, 0.3) is 0 Å². The minimum absolute atomic E-state index is 0.812. The topological polar surface area (TPSA) is 113 Å². The van der Waals surface area contributed by atoms with E-state index in [1.807, 2.05) is 0 Å². The SMILES string of the molecule is C(CC1CCNCC1)CC1CCNCC1.C1CCN(C2CCNCC2)C1.C1CCN(C2CCNCC2)CC1.CCC1CC(CCC2CCNCC2)CCN1.CN(C)CCCC1CCN(C)CC1.CN1CCC(CCCC2CCN(C)CC2)CC1.CN1CCN(C2CCN(C3CCNCC3)CC2)CC1. The van der Waals surface area contributed by atoms with E-state index in [4.69, 9.17) is 0 Å². The van der Waals surface area contributed by atoms with E-state index in [2.05, 4.69) is 131 Å². The number of hydrogen-bond acceptors (Lipinski definition) is 16. The maximum Gasteiger partial charge on any atom is 0.0121 e. The first-order chi connectivity index (χ1) is 50.5. The third-order valence-corrected chi connectivity index (χ3v) is 28.2. The standard InChI is InChI=1S/C15H30N4.C15H30N2.C14H28N2.C13H26N2.C11H24N2.C10H20N2.C9H18N2/c1-17-10-12-19(13-11-17)15-4-8-18(9-5-15)14-2-6-16-7-3-14;1-16-10-6-14(7-11-16)4-3-5-15-8-12-17(2)13-9-15;1-2-14-11-13(7-10-16-14)4-3-12-5-8-15-9-6-12;1(2-12-4-8-14-9-5-12)3-13-6-10-15-11-7-13;1-12(2)8-4-5-11-6-9-13(3)10-7-11;1-2-8-12(9-3-1)10-4-6-11-7-5-10;1-2-8-11(7-1)9-3-5-10-6-4-9/h14-16H,2-13H2,1H3;14-15H,3-13H2,1-2H3;12-16H,2-11H2,1H3;12-15H,1-11H2;11H,4-10H2,1-3H3;10-11H,1-9H2;9-10H,1-8H2. The summed E-state index contributed by atoms with van der Waals surface area (Å²) in [7, 11) is 13.3. The van der Waals surface area contributed by atoms with Gasteiger partial charge in [-0.2, -0.15) is 0 Å². The van der Waals surface area contributed by atoms with Crippen LogP contribution in [0.25, 0.3) is 0 Å². The average molecular weight is 1450 g/mol. The molecule has 103 heavy (non-hydrogen) atoms. The Kier molecular flexibility index (Phi) is 46.2. The highest BCUT2D eigenvalue weighted by Gasteiger charge is 2.31. The summed E-state index contributed by atoms with van der Waals surface area (Å²) < 4.78 is 0. The molecule has 16 heteroatoms. The number of likely N-dealkylation sites (tertiary alicyclic amines) is 6. The van der Waals surface area contributed by atoms with E-state index in [9.17, 15) is 0 Å². The van der Waals surface area contributed by atoms with Crippen molar-refractivity contribution in [2.24, 2.45) is 41.4 Å². The van der Waals surface area contributed by atoms with Gasteiger partial charge in [0, 0.05) is 56.4 Å². The molecule has 604 valence electrons. The molecule has 0 spiro atoms. The molecular weight excluding hydrogens is 1270 g/mol. The van der Waals surface area contributed by atoms with Crippen molar-refractivity contribution in [3.05, 3.63) is 0 Å². The number of piperidine rings is 12. The Morgan fingerprint density at radius 2 is 0.544 bits per heavy atom. The lowest BCUT2D eigenvalue weighted by atomic mass is 9.83. The molecule has 0 saturated carbocycles. The highest BCUT2D eigenvalue weighted by atomic mass is 15.3. The molecule has 0 aliphatic carbocycles. The third-order valence-electron chi connectivity index (χ3n) is 28.2. The normalized spacial score (nSPS) is 28.1. The van der Waals surface area contributed by atoms with Crippen molar-refractivity contribution < 1.29 is 0 Å². The molecule has 0 aromatic heterocycles. The lowest BCUT2D eigenvalue weighted by Crippen LogP contribution is -2.54. The lowest BCUT2D eigenvalue weighted by molar-refractivity contribution is 0.0483. The van der Waals surface area contributed by atoms with Crippen molar-refractivity contribution in [2.45, 2.75) is 281 Å². The van der Waals surface area contributed by atoms with Crippen molar-refractivity contribution in [3.63, 3.8) is 0 Å². The van der Waals surface area contributed by atoms with Crippen molar-refractivity contribution in [3.8, 4) is 0 Å². The van der Waals surface area contributed by atoms with E-state index in [0.29, 0.717) is 0 Å². The van der Waals surface area contributed by atoms with E-state index in [-0.39, 0.29) is 0 Å².